The summed E-state index contributed by atoms with van der Waals surface area (Å²) in [5.74, 6) is -1.02. The minimum absolute atomic E-state index is 0.00239. The Morgan fingerprint density at radius 3 is 2.36 bits per heavy atom. The predicted octanol–water partition coefficient (Wildman–Crippen LogP) is 2.51. The molecule has 1 saturated heterocycles. The van der Waals surface area contributed by atoms with E-state index < -0.39 is 30.0 Å². The number of benzene rings is 1. The Bertz CT molecular complexity index is 1170. The summed E-state index contributed by atoms with van der Waals surface area (Å²) in [7, 11) is 4.02. The van der Waals surface area contributed by atoms with Gasteiger partial charge in [-0.3, -0.25) is 9.69 Å². The Hall–Kier alpha value is -4.48. The molecular formula is C24H26N2O10. The Labute approximate surface area is 206 Å². The first kappa shape index (κ1) is 26.1. The SMILES string of the molecule is CCOC(=O)[C@H](C)Oc1c(OC)cc(/C=C2\NC(=O)N(Cc3ccc(C(=O)OC)o3)C2=O)cc1OC. The van der Waals surface area contributed by atoms with E-state index in [1.54, 1.807) is 19.1 Å². The standard InChI is InChI=1S/C24H26N2O10/c1-6-34-22(28)13(2)35-20-18(31-3)10-14(11-19(20)32-4)9-16-21(27)26(24(30)25-16)12-15-7-8-17(36-15)23(29)33-5/h7-11,13H,6,12H2,1-5H3,(H,25,30)/b16-9-/t13-/m0/s1. The molecule has 3 rings (SSSR count). The van der Waals surface area contributed by atoms with Gasteiger partial charge in [-0.2, -0.15) is 0 Å². The highest BCUT2D eigenvalue weighted by molar-refractivity contribution is 6.13. The van der Waals surface area contributed by atoms with Crippen molar-refractivity contribution in [2.24, 2.45) is 0 Å². The fourth-order valence-electron chi connectivity index (χ4n) is 3.30. The van der Waals surface area contributed by atoms with Gasteiger partial charge in [-0.25, -0.2) is 14.4 Å². The summed E-state index contributed by atoms with van der Waals surface area (Å²) in [5.41, 5.74) is 0.453. The first-order chi connectivity index (χ1) is 17.2. The molecule has 1 aromatic carbocycles. The fourth-order valence-corrected chi connectivity index (χ4v) is 3.30. The van der Waals surface area contributed by atoms with Crippen molar-refractivity contribution in [3.8, 4) is 17.2 Å². The van der Waals surface area contributed by atoms with Crippen LogP contribution in [-0.2, 0) is 25.6 Å². The van der Waals surface area contributed by atoms with Crippen molar-refractivity contribution < 1.29 is 47.3 Å². The van der Waals surface area contributed by atoms with Crippen molar-refractivity contribution in [1.82, 2.24) is 10.2 Å². The smallest absolute Gasteiger partial charge is 0.373 e. The minimum Gasteiger partial charge on any atom is -0.493 e. The summed E-state index contributed by atoms with van der Waals surface area (Å²) in [6.45, 7) is 3.23. The molecule has 192 valence electrons. The number of esters is 2. The van der Waals surface area contributed by atoms with E-state index in [1.807, 2.05) is 0 Å². The van der Waals surface area contributed by atoms with Crippen molar-refractivity contribution in [1.29, 1.82) is 0 Å². The maximum Gasteiger partial charge on any atom is 0.373 e. The van der Waals surface area contributed by atoms with E-state index >= 15 is 0 Å². The summed E-state index contributed by atoms with van der Waals surface area (Å²) < 4.78 is 31.4. The second kappa shape index (κ2) is 11.3. The molecule has 0 unspecified atom stereocenters. The predicted molar refractivity (Wildman–Crippen MR) is 123 cm³/mol. The topological polar surface area (TPSA) is 143 Å². The average Bonchev–Trinajstić information content (AvgIpc) is 3.44. The van der Waals surface area contributed by atoms with E-state index in [0.717, 1.165) is 4.90 Å². The van der Waals surface area contributed by atoms with Gasteiger partial charge in [0.05, 0.1) is 34.5 Å². The Morgan fingerprint density at radius 1 is 1.11 bits per heavy atom. The number of urea groups is 1. The minimum atomic E-state index is -0.928. The largest absolute Gasteiger partial charge is 0.493 e. The van der Waals surface area contributed by atoms with Gasteiger partial charge in [-0.05, 0) is 49.8 Å². The van der Waals surface area contributed by atoms with Crippen LogP contribution in [0, 0.1) is 0 Å². The molecule has 0 saturated carbocycles. The third-order valence-corrected chi connectivity index (χ3v) is 5.03. The highest BCUT2D eigenvalue weighted by Gasteiger charge is 2.34. The normalized spacial score (nSPS) is 14.9. The molecule has 3 amide bonds. The van der Waals surface area contributed by atoms with Crippen LogP contribution in [0.2, 0.25) is 0 Å². The zero-order valence-electron chi connectivity index (χ0n) is 20.4. The number of furan rings is 1. The quantitative estimate of drug-likeness (QED) is 0.292. The van der Waals surface area contributed by atoms with Crippen molar-refractivity contribution in [2.75, 3.05) is 27.9 Å². The van der Waals surface area contributed by atoms with E-state index in [4.69, 9.17) is 23.4 Å². The zero-order valence-corrected chi connectivity index (χ0v) is 20.4. The van der Waals surface area contributed by atoms with Crippen LogP contribution in [0.5, 0.6) is 17.2 Å². The first-order valence-corrected chi connectivity index (χ1v) is 10.8. The molecule has 1 aliphatic heterocycles. The third kappa shape index (κ3) is 5.59. The monoisotopic (exact) mass is 502 g/mol. The van der Waals surface area contributed by atoms with Gasteiger partial charge in [0.1, 0.15) is 11.5 Å². The lowest BCUT2D eigenvalue weighted by atomic mass is 10.1. The molecule has 1 aliphatic rings. The van der Waals surface area contributed by atoms with Crippen LogP contribution in [0.25, 0.3) is 6.08 Å². The molecule has 1 fully saturated rings. The number of carbonyl (C=O) groups is 4. The van der Waals surface area contributed by atoms with E-state index in [1.165, 1.54) is 46.5 Å². The molecular weight excluding hydrogens is 476 g/mol. The maximum absolute atomic E-state index is 12.9. The van der Waals surface area contributed by atoms with Crippen molar-refractivity contribution in [3.63, 3.8) is 0 Å². The summed E-state index contributed by atoms with van der Waals surface area (Å²) in [6.07, 6.45) is 0.508. The molecule has 0 bridgehead atoms. The van der Waals surface area contributed by atoms with Gasteiger partial charge >= 0.3 is 18.0 Å². The van der Waals surface area contributed by atoms with Gasteiger partial charge in [0, 0.05) is 0 Å². The molecule has 0 radical (unpaired) electrons. The number of methoxy groups -OCH3 is 3. The fraction of sp³-hybridized carbons (Fsp3) is 0.333. The summed E-state index contributed by atoms with van der Waals surface area (Å²) >= 11 is 0. The van der Waals surface area contributed by atoms with Crippen molar-refractivity contribution >= 4 is 30.0 Å². The van der Waals surface area contributed by atoms with Crippen LogP contribution in [0.15, 0.2) is 34.4 Å². The number of rotatable bonds is 10. The molecule has 0 spiro atoms. The Kier molecular flexibility index (Phi) is 8.20. The van der Waals surface area contributed by atoms with Crippen molar-refractivity contribution in [2.45, 2.75) is 26.5 Å². The molecule has 0 aliphatic carbocycles. The van der Waals surface area contributed by atoms with Crippen LogP contribution in [0.4, 0.5) is 4.79 Å². The molecule has 12 heteroatoms. The van der Waals surface area contributed by atoms with Gasteiger partial charge in [0.15, 0.2) is 17.6 Å². The van der Waals surface area contributed by atoms with Gasteiger partial charge < -0.3 is 33.4 Å². The van der Waals surface area contributed by atoms with Crippen LogP contribution in [-0.4, -0.2) is 62.8 Å². The van der Waals surface area contributed by atoms with E-state index in [9.17, 15) is 19.2 Å². The number of ether oxygens (including phenoxy) is 5. The number of nitrogens with zero attached hydrogens (tertiary/aromatic N) is 1. The summed E-state index contributed by atoms with van der Waals surface area (Å²) in [6, 6.07) is 5.31. The van der Waals surface area contributed by atoms with Crippen LogP contribution < -0.4 is 19.5 Å². The van der Waals surface area contributed by atoms with Gasteiger partial charge in [-0.15, -0.1) is 0 Å². The average molecular weight is 502 g/mol. The Balaban J connectivity index is 1.83. The highest BCUT2D eigenvalue weighted by atomic mass is 16.6. The molecule has 1 N–H and O–H groups in total. The molecule has 2 heterocycles. The second-order valence-electron chi connectivity index (χ2n) is 7.40. The van der Waals surface area contributed by atoms with Gasteiger partial charge in [0.25, 0.3) is 5.91 Å². The number of hydrogen-bond donors (Lipinski definition) is 1. The number of carbonyl (C=O) groups excluding carboxylic acids is 4. The van der Waals surface area contributed by atoms with Gasteiger partial charge in [0.2, 0.25) is 11.5 Å². The third-order valence-electron chi connectivity index (χ3n) is 5.03. The number of hydrogen-bond acceptors (Lipinski definition) is 10. The Morgan fingerprint density at radius 2 is 1.78 bits per heavy atom. The molecule has 36 heavy (non-hydrogen) atoms. The van der Waals surface area contributed by atoms with E-state index in [0.29, 0.717) is 5.56 Å². The first-order valence-electron chi connectivity index (χ1n) is 10.8. The van der Waals surface area contributed by atoms with Crippen LogP contribution in [0.3, 0.4) is 0 Å². The van der Waals surface area contributed by atoms with Crippen LogP contribution in [0.1, 0.15) is 35.7 Å². The molecule has 1 atom stereocenters. The lowest BCUT2D eigenvalue weighted by Gasteiger charge is -2.18. The highest BCUT2D eigenvalue weighted by Crippen LogP contribution is 2.40. The summed E-state index contributed by atoms with van der Waals surface area (Å²) in [4.78, 5) is 49.8. The van der Waals surface area contributed by atoms with Crippen molar-refractivity contribution in [3.05, 3.63) is 47.0 Å². The number of nitrogens with one attached hydrogen (secondary N) is 1. The number of amides is 3. The van der Waals surface area contributed by atoms with E-state index in [-0.39, 0.29) is 47.6 Å². The lowest BCUT2D eigenvalue weighted by Crippen LogP contribution is -2.30. The van der Waals surface area contributed by atoms with Gasteiger partial charge in [-0.1, -0.05) is 0 Å². The zero-order chi connectivity index (χ0) is 26.4. The maximum atomic E-state index is 12.9. The molecule has 12 nitrogen and oxygen atoms in total. The number of imide groups is 1. The van der Waals surface area contributed by atoms with Crippen LogP contribution >= 0.6 is 0 Å². The summed E-state index contributed by atoms with van der Waals surface area (Å²) in [5, 5.41) is 2.51. The molecule has 2 aromatic rings. The second-order valence-corrected chi connectivity index (χ2v) is 7.40. The molecule has 1 aromatic heterocycles. The van der Waals surface area contributed by atoms with E-state index in [2.05, 4.69) is 10.1 Å². The lowest BCUT2D eigenvalue weighted by molar-refractivity contribution is -0.150.